The Balaban J connectivity index is 1.80. The van der Waals surface area contributed by atoms with Crippen LogP contribution < -0.4 is 31.8 Å². The Morgan fingerprint density at radius 3 is 0.857 bits per heavy atom. The normalized spacial score (nSPS) is 12.9. The van der Waals surface area contributed by atoms with Crippen LogP contribution in [-0.2, 0) is 0 Å². The Kier molecular flexibility index (Phi) is 8.79. The topological polar surface area (TPSA) is 0 Å². The van der Waals surface area contributed by atoms with E-state index >= 15 is 0 Å². The molecule has 0 spiro atoms. The van der Waals surface area contributed by atoms with Crippen LogP contribution in [0.1, 0.15) is 0 Å². The van der Waals surface area contributed by atoms with E-state index in [1.54, 1.807) is 0 Å². The second-order valence-electron chi connectivity index (χ2n) is 10.6. The Morgan fingerprint density at radius 1 is 0.381 bits per heavy atom. The average molecular weight is 601 g/mol. The van der Waals surface area contributed by atoms with Gasteiger partial charge in [0.05, 0.1) is 0 Å². The maximum atomic E-state index is 7.26. The van der Waals surface area contributed by atoms with Crippen molar-refractivity contribution in [2.24, 2.45) is 0 Å². The van der Waals surface area contributed by atoms with Gasteiger partial charge in [0.1, 0.15) is 0 Å². The molecular formula is C39H35ClP2. The Labute approximate surface area is 256 Å². The predicted molar refractivity (Wildman–Crippen MR) is 192 cm³/mol. The molecule has 6 rings (SSSR count). The summed E-state index contributed by atoms with van der Waals surface area (Å²) in [4.78, 5) is 0. The number of allylic oxidation sites excluding steroid dienone is 1. The van der Waals surface area contributed by atoms with E-state index in [9.17, 15) is 0 Å². The van der Waals surface area contributed by atoms with Gasteiger partial charge in [0, 0.05) is 0 Å². The molecular weight excluding hydrogens is 566 g/mol. The molecule has 0 fully saturated rings. The first-order valence-electron chi connectivity index (χ1n) is 14.4. The Morgan fingerprint density at radius 2 is 0.619 bits per heavy atom. The monoisotopic (exact) mass is 600 g/mol. The molecule has 0 amide bonds. The summed E-state index contributed by atoms with van der Waals surface area (Å²) in [6.07, 6.45) is 0. The fourth-order valence-corrected chi connectivity index (χ4v) is 17.5. The van der Waals surface area contributed by atoms with Crippen molar-refractivity contribution in [2.75, 3.05) is 5.88 Å². The molecule has 42 heavy (non-hydrogen) atoms. The zero-order valence-corrected chi connectivity index (χ0v) is 26.2. The molecule has 0 aromatic heterocycles. The van der Waals surface area contributed by atoms with Crippen molar-refractivity contribution in [2.45, 2.75) is 0 Å². The van der Waals surface area contributed by atoms with Crippen molar-refractivity contribution in [1.29, 1.82) is 0 Å². The molecule has 0 aliphatic heterocycles. The van der Waals surface area contributed by atoms with Gasteiger partial charge in [-0.25, -0.2) is 0 Å². The average Bonchev–Trinajstić information content (AvgIpc) is 3.09. The summed E-state index contributed by atoms with van der Waals surface area (Å²) >= 11 is 7.26. The molecule has 0 aliphatic carbocycles. The number of halogens is 1. The van der Waals surface area contributed by atoms with Gasteiger partial charge in [-0.2, -0.15) is 0 Å². The van der Waals surface area contributed by atoms with E-state index in [1.807, 2.05) is 0 Å². The van der Waals surface area contributed by atoms with Crippen molar-refractivity contribution in [3.63, 3.8) is 0 Å². The van der Waals surface area contributed by atoms with Gasteiger partial charge in [0.2, 0.25) is 0 Å². The van der Waals surface area contributed by atoms with Gasteiger partial charge in [-0.3, -0.25) is 0 Å². The third-order valence-electron chi connectivity index (χ3n) is 8.32. The molecule has 6 aromatic rings. The van der Waals surface area contributed by atoms with Crippen LogP contribution in [0.15, 0.2) is 193 Å². The third-order valence-corrected chi connectivity index (χ3v) is 18.5. The maximum absolute atomic E-state index is 7.26. The molecule has 0 N–H and O–H groups in total. The molecule has 0 aliphatic rings. The van der Waals surface area contributed by atoms with E-state index in [4.69, 9.17) is 11.6 Å². The van der Waals surface area contributed by atoms with E-state index in [0.717, 1.165) is 0 Å². The predicted octanol–water partition coefficient (Wildman–Crippen LogP) is 7.52. The molecule has 0 saturated carbocycles. The summed E-state index contributed by atoms with van der Waals surface area (Å²) in [5, 5.41) is 9.38. The van der Waals surface area contributed by atoms with Crippen LogP contribution >= 0.6 is 26.1 Å². The first-order chi connectivity index (χ1) is 20.8. The van der Waals surface area contributed by atoms with Gasteiger partial charge in [-0.15, -0.1) is 0 Å². The van der Waals surface area contributed by atoms with Crippen LogP contribution in [0.3, 0.4) is 0 Å². The summed E-state index contributed by atoms with van der Waals surface area (Å²) in [6.45, 7) is 0. The van der Waals surface area contributed by atoms with Gasteiger partial charge in [-0.1, -0.05) is 0 Å². The van der Waals surface area contributed by atoms with Crippen LogP contribution in [0.4, 0.5) is 0 Å². The standard InChI is InChI=1S/C39H35ClP2/c40-31-39(42(36-25-13-4-14-26-36,37-27-15-5-16-28-37)38-29-17-6-18-30-38)32-41(33-19-7-1-8-20-33,34-21-9-2-10-22-34)35-23-11-3-12-24-35/h1-30,32,41-42H,31H2/b39-32-. The van der Waals surface area contributed by atoms with Crippen LogP contribution in [0.25, 0.3) is 0 Å². The zero-order chi connectivity index (χ0) is 28.7. The minimum absolute atomic E-state index is 0.437. The molecule has 0 saturated heterocycles. The van der Waals surface area contributed by atoms with Crippen molar-refractivity contribution in [1.82, 2.24) is 0 Å². The molecule has 0 heterocycles. The van der Waals surface area contributed by atoms with E-state index in [2.05, 4.69) is 188 Å². The quantitative estimate of drug-likeness (QED) is 0.119. The van der Waals surface area contributed by atoms with Crippen molar-refractivity contribution in [3.8, 4) is 0 Å². The summed E-state index contributed by atoms with van der Waals surface area (Å²) in [5.41, 5.74) is 0. The fourth-order valence-electron chi connectivity index (χ4n) is 6.48. The fraction of sp³-hybridized carbons (Fsp3) is 0.0256. The molecule has 0 nitrogen and oxygen atoms in total. The van der Waals surface area contributed by atoms with Crippen molar-refractivity contribution in [3.05, 3.63) is 193 Å². The first-order valence-corrected chi connectivity index (χ1v) is 19.0. The number of rotatable bonds is 9. The Hall–Kier alpha value is -3.79. The second-order valence-corrected chi connectivity index (χ2v) is 18.3. The Bertz CT molecular complexity index is 1530. The summed E-state index contributed by atoms with van der Waals surface area (Å²) < 4.78 is 0. The number of benzene rings is 6. The van der Waals surface area contributed by atoms with Gasteiger partial charge in [0.25, 0.3) is 0 Å². The molecule has 0 bridgehead atoms. The van der Waals surface area contributed by atoms with E-state index < -0.39 is 14.5 Å². The second kappa shape index (κ2) is 13.0. The number of hydrogen-bond donors (Lipinski definition) is 0. The van der Waals surface area contributed by atoms with Gasteiger partial charge in [-0.05, 0) is 0 Å². The molecule has 0 unspecified atom stereocenters. The number of hydrogen-bond acceptors (Lipinski definition) is 0. The minimum atomic E-state index is -2.80. The van der Waals surface area contributed by atoms with Gasteiger partial charge in [0.15, 0.2) is 0 Å². The van der Waals surface area contributed by atoms with Crippen LogP contribution in [-0.4, -0.2) is 5.88 Å². The SMILES string of the molecule is ClC/C(=C/[PH](c1ccccc1)(c1ccccc1)c1ccccc1)[PH](c1ccccc1)(c1ccccc1)c1ccccc1. The first kappa shape index (κ1) is 28.3. The van der Waals surface area contributed by atoms with E-state index in [1.165, 1.54) is 37.1 Å². The van der Waals surface area contributed by atoms with Crippen LogP contribution in [0, 0.1) is 0 Å². The van der Waals surface area contributed by atoms with Gasteiger partial charge >= 0.3 is 257 Å². The molecule has 3 heteroatoms. The third kappa shape index (κ3) is 5.17. The van der Waals surface area contributed by atoms with Crippen LogP contribution in [0.2, 0.25) is 0 Å². The summed E-state index contributed by atoms with van der Waals surface area (Å²) in [6, 6.07) is 66.5. The van der Waals surface area contributed by atoms with E-state index in [-0.39, 0.29) is 0 Å². The molecule has 0 atom stereocenters. The van der Waals surface area contributed by atoms with Crippen molar-refractivity contribution >= 4 is 58.0 Å². The van der Waals surface area contributed by atoms with E-state index in [0.29, 0.717) is 5.88 Å². The summed E-state index contributed by atoms with van der Waals surface area (Å²) in [5.74, 6) is 3.09. The molecule has 208 valence electrons. The number of alkyl halides is 1. The van der Waals surface area contributed by atoms with Gasteiger partial charge < -0.3 is 0 Å². The van der Waals surface area contributed by atoms with Crippen molar-refractivity contribution < 1.29 is 0 Å². The summed E-state index contributed by atoms with van der Waals surface area (Å²) in [7, 11) is -5.53. The molecule has 0 radical (unpaired) electrons. The zero-order valence-electron chi connectivity index (χ0n) is 23.5. The van der Waals surface area contributed by atoms with Crippen LogP contribution in [0.5, 0.6) is 0 Å². The molecule has 6 aromatic carbocycles.